The molecule has 2 aromatic heterocycles. The molecule has 29 heavy (non-hydrogen) atoms. The lowest BCUT2D eigenvalue weighted by molar-refractivity contribution is -0.113. The molecule has 0 saturated carbocycles. The van der Waals surface area contributed by atoms with Crippen molar-refractivity contribution in [1.29, 1.82) is 0 Å². The molecule has 0 aliphatic carbocycles. The molecule has 1 N–H and O–H groups in total. The summed E-state index contributed by atoms with van der Waals surface area (Å²) in [6.45, 7) is 1.90. The fourth-order valence-corrected chi connectivity index (χ4v) is 3.47. The molecule has 0 radical (unpaired) electrons. The molecule has 0 fully saturated rings. The van der Waals surface area contributed by atoms with E-state index in [0.29, 0.717) is 32.8 Å². The van der Waals surface area contributed by atoms with Crippen LogP contribution in [0.25, 0.3) is 17.0 Å². The molecule has 0 spiro atoms. The number of aromatic nitrogens is 4. The van der Waals surface area contributed by atoms with Crippen LogP contribution in [0.15, 0.2) is 59.6 Å². The Labute approximate surface area is 175 Å². The first kappa shape index (κ1) is 19.4. The molecule has 0 aliphatic heterocycles. The molecule has 0 saturated heterocycles. The van der Waals surface area contributed by atoms with E-state index in [1.165, 1.54) is 23.9 Å². The van der Waals surface area contributed by atoms with E-state index < -0.39 is 0 Å². The molecule has 4 aromatic rings. The fourth-order valence-electron chi connectivity index (χ4n) is 2.64. The van der Waals surface area contributed by atoms with Crippen LogP contribution in [0, 0.1) is 12.7 Å². The summed E-state index contributed by atoms with van der Waals surface area (Å²) >= 11 is 7.37. The van der Waals surface area contributed by atoms with Gasteiger partial charge in [0.1, 0.15) is 10.8 Å². The van der Waals surface area contributed by atoms with Crippen molar-refractivity contribution in [2.75, 3.05) is 11.1 Å². The summed E-state index contributed by atoms with van der Waals surface area (Å²) in [5.41, 5.74) is 2.85. The lowest BCUT2D eigenvalue weighted by atomic mass is 10.2. The van der Waals surface area contributed by atoms with E-state index in [9.17, 15) is 9.18 Å². The highest BCUT2D eigenvalue weighted by Gasteiger charge is 2.12. The summed E-state index contributed by atoms with van der Waals surface area (Å²) < 4.78 is 14.8. The lowest BCUT2D eigenvalue weighted by Crippen LogP contribution is -2.14. The van der Waals surface area contributed by atoms with Crippen molar-refractivity contribution in [2.45, 2.75) is 11.9 Å². The molecular weight excluding hydrogens is 413 g/mol. The van der Waals surface area contributed by atoms with Gasteiger partial charge < -0.3 is 5.32 Å². The number of fused-ring (bicyclic) bond motifs is 1. The minimum atomic E-state index is -0.326. The lowest BCUT2D eigenvalue weighted by Gasteiger charge is -2.07. The quantitative estimate of drug-likeness (QED) is 0.470. The maximum Gasteiger partial charge on any atom is 0.234 e. The zero-order chi connectivity index (χ0) is 20.4. The Kier molecular flexibility index (Phi) is 5.46. The van der Waals surface area contributed by atoms with Crippen LogP contribution in [0.5, 0.6) is 0 Å². The number of carbonyl (C=O) groups is 1. The van der Waals surface area contributed by atoms with Gasteiger partial charge in [-0.25, -0.2) is 4.39 Å². The Balaban J connectivity index is 1.48. The van der Waals surface area contributed by atoms with Crippen molar-refractivity contribution in [1.82, 2.24) is 19.8 Å². The number of hydrogen-bond donors (Lipinski definition) is 1. The smallest absolute Gasteiger partial charge is 0.234 e. The normalized spacial score (nSPS) is 11.0. The monoisotopic (exact) mass is 427 g/mol. The highest BCUT2D eigenvalue weighted by Crippen LogP contribution is 2.22. The molecule has 0 unspecified atom stereocenters. The van der Waals surface area contributed by atoms with Crippen molar-refractivity contribution in [2.24, 2.45) is 0 Å². The van der Waals surface area contributed by atoms with Gasteiger partial charge in [0.2, 0.25) is 5.91 Å². The van der Waals surface area contributed by atoms with Crippen LogP contribution in [-0.2, 0) is 4.79 Å². The number of amides is 1. The molecule has 4 rings (SSSR count). The molecule has 0 atom stereocenters. The average molecular weight is 428 g/mol. The van der Waals surface area contributed by atoms with Crippen LogP contribution in [0.4, 0.5) is 10.1 Å². The number of benzene rings is 2. The van der Waals surface area contributed by atoms with Gasteiger partial charge in [-0.15, -0.1) is 10.2 Å². The molecule has 9 heteroatoms. The number of halogens is 2. The Bertz CT molecular complexity index is 1200. The molecule has 0 bridgehead atoms. The third-order valence-corrected chi connectivity index (χ3v) is 5.47. The molecule has 6 nitrogen and oxygen atoms in total. The average Bonchev–Trinajstić information content (AvgIpc) is 3.13. The second-order valence-corrected chi connectivity index (χ2v) is 7.68. The van der Waals surface area contributed by atoms with Crippen molar-refractivity contribution in [3.63, 3.8) is 0 Å². The predicted molar refractivity (Wildman–Crippen MR) is 112 cm³/mol. The number of anilines is 1. The SMILES string of the molecule is Cc1ccc(NC(=O)CSc2ccc3nnc(-c4ccc(F)cc4)n3n2)cc1Cl. The first-order valence-corrected chi connectivity index (χ1v) is 10.0. The maximum absolute atomic E-state index is 13.2. The van der Waals surface area contributed by atoms with Gasteiger partial charge in [0.25, 0.3) is 0 Å². The Morgan fingerprint density at radius 3 is 2.69 bits per heavy atom. The summed E-state index contributed by atoms with van der Waals surface area (Å²) in [5, 5.41) is 16.8. The van der Waals surface area contributed by atoms with E-state index in [-0.39, 0.29) is 17.5 Å². The summed E-state index contributed by atoms with van der Waals surface area (Å²) in [7, 11) is 0. The zero-order valence-corrected chi connectivity index (χ0v) is 16.8. The zero-order valence-electron chi connectivity index (χ0n) is 15.3. The first-order chi connectivity index (χ1) is 14.0. The topological polar surface area (TPSA) is 72.2 Å². The minimum Gasteiger partial charge on any atom is -0.325 e. The second-order valence-electron chi connectivity index (χ2n) is 6.27. The molecule has 1 amide bonds. The van der Waals surface area contributed by atoms with Crippen LogP contribution in [0.3, 0.4) is 0 Å². The molecular formula is C20H15ClFN5OS. The van der Waals surface area contributed by atoms with Gasteiger partial charge in [-0.05, 0) is 61.0 Å². The molecule has 2 aromatic carbocycles. The van der Waals surface area contributed by atoms with Gasteiger partial charge in [-0.2, -0.15) is 9.61 Å². The van der Waals surface area contributed by atoms with E-state index in [4.69, 9.17) is 11.6 Å². The number of nitrogens with one attached hydrogen (secondary N) is 1. The summed E-state index contributed by atoms with van der Waals surface area (Å²) in [6, 6.07) is 14.9. The van der Waals surface area contributed by atoms with Gasteiger partial charge in [0, 0.05) is 16.3 Å². The molecule has 146 valence electrons. The van der Waals surface area contributed by atoms with E-state index in [1.807, 2.05) is 13.0 Å². The fraction of sp³-hybridized carbons (Fsp3) is 0.100. The molecule has 0 aliphatic rings. The van der Waals surface area contributed by atoms with Gasteiger partial charge >= 0.3 is 0 Å². The van der Waals surface area contributed by atoms with E-state index in [1.54, 1.807) is 40.9 Å². The molecule has 2 heterocycles. The van der Waals surface area contributed by atoms with E-state index >= 15 is 0 Å². The number of thioether (sulfide) groups is 1. The Morgan fingerprint density at radius 2 is 1.93 bits per heavy atom. The van der Waals surface area contributed by atoms with Crippen molar-refractivity contribution < 1.29 is 9.18 Å². The van der Waals surface area contributed by atoms with Gasteiger partial charge in [-0.1, -0.05) is 29.4 Å². The maximum atomic E-state index is 13.2. The number of aryl methyl sites for hydroxylation is 1. The van der Waals surface area contributed by atoms with Crippen molar-refractivity contribution >= 4 is 40.6 Å². The number of hydrogen-bond acceptors (Lipinski definition) is 5. The largest absolute Gasteiger partial charge is 0.325 e. The van der Waals surface area contributed by atoms with Crippen LogP contribution >= 0.6 is 23.4 Å². The Morgan fingerprint density at radius 1 is 1.14 bits per heavy atom. The highest BCUT2D eigenvalue weighted by molar-refractivity contribution is 7.99. The predicted octanol–water partition coefficient (Wildman–Crippen LogP) is 4.62. The second kappa shape index (κ2) is 8.18. The van der Waals surface area contributed by atoms with Crippen molar-refractivity contribution in [3.8, 4) is 11.4 Å². The van der Waals surface area contributed by atoms with E-state index in [0.717, 1.165) is 5.56 Å². The van der Waals surface area contributed by atoms with Crippen molar-refractivity contribution in [3.05, 3.63) is 71.0 Å². The Hall–Kier alpha value is -2.97. The minimum absolute atomic E-state index is 0.167. The number of carbonyl (C=O) groups excluding carboxylic acids is 1. The van der Waals surface area contributed by atoms with Crippen LogP contribution in [-0.4, -0.2) is 31.5 Å². The third-order valence-electron chi connectivity index (χ3n) is 4.15. The van der Waals surface area contributed by atoms with Crippen LogP contribution in [0.1, 0.15) is 5.56 Å². The third kappa shape index (κ3) is 4.38. The summed E-state index contributed by atoms with van der Waals surface area (Å²) in [6.07, 6.45) is 0. The first-order valence-electron chi connectivity index (χ1n) is 8.67. The summed E-state index contributed by atoms with van der Waals surface area (Å²) in [5.74, 6) is 0.186. The highest BCUT2D eigenvalue weighted by atomic mass is 35.5. The van der Waals surface area contributed by atoms with Gasteiger partial charge in [-0.3, -0.25) is 4.79 Å². The number of nitrogens with zero attached hydrogens (tertiary/aromatic N) is 4. The van der Waals surface area contributed by atoms with Crippen LogP contribution in [0.2, 0.25) is 5.02 Å². The standard InChI is InChI=1S/C20H15ClFN5OS/c1-12-2-7-15(10-16(12)21)23-18(28)11-29-19-9-8-17-24-25-20(27(17)26-19)13-3-5-14(22)6-4-13/h2-10H,11H2,1H3,(H,23,28). The van der Waals surface area contributed by atoms with E-state index in [2.05, 4.69) is 20.6 Å². The summed E-state index contributed by atoms with van der Waals surface area (Å²) in [4.78, 5) is 12.2. The number of rotatable bonds is 5. The van der Waals surface area contributed by atoms with Gasteiger partial charge in [0.05, 0.1) is 5.75 Å². The van der Waals surface area contributed by atoms with Gasteiger partial charge in [0.15, 0.2) is 11.5 Å². The van der Waals surface area contributed by atoms with Crippen LogP contribution < -0.4 is 5.32 Å².